The van der Waals surface area contributed by atoms with Crippen molar-refractivity contribution in [1.82, 2.24) is 19.6 Å². The predicted molar refractivity (Wildman–Crippen MR) is 150 cm³/mol. The van der Waals surface area contributed by atoms with Crippen LogP contribution in [0.1, 0.15) is 57.4 Å². The average molecular weight is 579 g/mol. The van der Waals surface area contributed by atoms with Gasteiger partial charge in [0.15, 0.2) is 0 Å². The van der Waals surface area contributed by atoms with Gasteiger partial charge in [-0.15, -0.1) is 0 Å². The Balaban J connectivity index is 1.50. The van der Waals surface area contributed by atoms with E-state index in [0.717, 1.165) is 16.5 Å². The van der Waals surface area contributed by atoms with Gasteiger partial charge in [0.2, 0.25) is 0 Å². The molecular weight excluding hydrogens is 539 g/mol. The number of benzene rings is 2. The number of halogens is 5. The van der Waals surface area contributed by atoms with E-state index in [0.29, 0.717) is 31.6 Å². The maximum atomic E-state index is 15.8. The van der Waals surface area contributed by atoms with Crippen molar-refractivity contribution in [3.05, 3.63) is 58.8 Å². The summed E-state index contributed by atoms with van der Waals surface area (Å²) >= 11 is 0. The van der Waals surface area contributed by atoms with Crippen LogP contribution in [0, 0.1) is 17.6 Å². The minimum Gasteiger partial charge on any atom is -0.492 e. The van der Waals surface area contributed by atoms with Crippen LogP contribution in [0.3, 0.4) is 0 Å². The van der Waals surface area contributed by atoms with Crippen LogP contribution in [0.2, 0.25) is 0 Å². The molecule has 0 amide bonds. The molecule has 10 heteroatoms. The van der Waals surface area contributed by atoms with Crippen LogP contribution in [-0.2, 0) is 13.0 Å². The molecule has 2 aliphatic heterocycles. The van der Waals surface area contributed by atoms with Gasteiger partial charge in [-0.05, 0) is 58.2 Å². The van der Waals surface area contributed by atoms with Crippen molar-refractivity contribution < 1.29 is 26.7 Å². The molecule has 0 aliphatic carbocycles. The Hall–Kier alpha value is -2.72. The van der Waals surface area contributed by atoms with E-state index in [1.54, 1.807) is 23.0 Å². The van der Waals surface area contributed by atoms with Crippen LogP contribution in [0.25, 0.3) is 10.9 Å². The molecule has 2 aromatic carbocycles. The Labute approximate surface area is 238 Å². The summed E-state index contributed by atoms with van der Waals surface area (Å²) in [6.07, 6.45) is 2.20. The van der Waals surface area contributed by atoms with Crippen molar-refractivity contribution in [2.75, 3.05) is 39.5 Å². The van der Waals surface area contributed by atoms with Gasteiger partial charge in [0.25, 0.3) is 0 Å². The fraction of sp³-hybridized carbons (Fsp3) is 0.581. The van der Waals surface area contributed by atoms with Gasteiger partial charge >= 0.3 is 0 Å². The molecule has 2 atom stereocenters. The lowest BCUT2D eigenvalue weighted by molar-refractivity contribution is 0.0647. The van der Waals surface area contributed by atoms with Crippen molar-refractivity contribution in [3.8, 4) is 5.75 Å². The minimum atomic E-state index is -1.61. The highest BCUT2D eigenvalue weighted by Crippen LogP contribution is 2.44. The molecule has 2 aliphatic rings. The van der Waals surface area contributed by atoms with Crippen molar-refractivity contribution in [3.63, 3.8) is 0 Å². The number of ether oxygens (including phenoxy) is 1. The topological polar surface area (TPSA) is 33.5 Å². The van der Waals surface area contributed by atoms with Gasteiger partial charge in [-0.1, -0.05) is 6.07 Å². The summed E-state index contributed by atoms with van der Waals surface area (Å²) in [5, 5.41) is 5.21. The Morgan fingerprint density at radius 2 is 1.66 bits per heavy atom. The zero-order valence-corrected chi connectivity index (χ0v) is 24.4. The van der Waals surface area contributed by atoms with Gasteiger partial charge in [-0.2, -0.15) is 5.10 Å². The summed E-state index contributed by atoms with van der Waals surface area (Å²) in [6, 6.07) is 4.82. The number of alkyl halides is 3. The molecule has 1 aromatic heterocycles. The summed E-state index contributed by atoms with van der Waals surface area (Å²) in [5.41, 5.74) is -0.971. The van der Waals surface area contributed by atoms with E-state index in [2.05, 4.69) is 5.10 Å². The molecule has 3 heterocycles. The molecular formula is C31H39F5N4O. The van der Waals surface area contributed by atoms with Gasteiger partial charge in [0.1, 0.15) is 35.3 Å². The molecule has 0 N–H and O–H groups in total. The molecule has 1 unspecified atom stereocenters. The molecule has 1 saturated heterocycles. The van der Waals surface area contributed by atoms with E-state index in [1.165, 1.54) is 39.8 Å². The lowest BCUT2D eigenvalue weighted by Gasteiger charge is -2.44. The zero-order valence-electron chi connectivity index (χ0n) is 24.4. The van der Waals surface area contributed by atoms with Crippen molar-refractivity contribution >= 4 is 10.9 Å². The van der Waals surface area contributed by atoms with Gasteiger partial charge in [0, 0.05) is 61.2 Å². The largest absolute Gasteiger partial charge is 0.492 e. The van der Waals surface area contributed by atoms with Crippen LogP contribution in [0.5, 0.6) is 5.75 Å². The fourth-order valence-corrected chi connectivity index (χ4v) is 6.20. The molecule has 1 fully saturated rings. The Kier molecular flexibility index (Phi) is 8.11. The first-order chi connectivity index (χ1) is 19.2. The summed E-state index contributed by atoms with van der Waals surface area (Å²) < 4.78 is 81.1. The van der Waals surface area contributed by atoms with Crippen LogP contribution >= 0.6 is 0 Å². The molecule has 0 saturated carbocycles. The maximum absolute atomic E-state index is 15.8. The van der Waals surface area contributed by atoms with E-state index in [-0.39, 0.29) is 49.6 Å². The second kappa shape index (κ2) is 11.2. The first kappa shape index (κ1) is 29.8. The zero-order chi connectivity index (χ0) is 29.7. The van der Waals surface area contributed by atoms with Crippen molar-refractivity contribution in [2.45, 2.75) is 71.0 Å². The van der Waals surface area contributed by atoms with Gasteiger partial charge in [-0.25, -0.2) is 17.6 Å². The van der Waals surface area contributed by atoms with Crippen molar-refractivity contribution in [1.29, 1.82) is 0 Å². The van der Waals surface area contributed by atoms with Crippen LogP contribution in [0.4, 0.5) is 22.0 Å². The summed E-state index contributed by atoms with van der Waals surface area (Å²) in [7, 11) is 0. The molecule has 41 heavy (non-hydrogen) atoms. The molecule has 0 spiro atoms. The van der Waals surface area contributed by atoms with Crippen LogP contribution in [-0.4, -0.2) is 76.4 Å². The van der Waals surface area contributed by atoms with Gasteiger partial charge in [-0.3, -0.25) is 18.9 Å². The second-order valence-corrected chi connectivity index (χ2v) is 12.9. The molecule has 3 aromatic rings. The van der Waals surface area contributed by atoms with Gasteiger partial charge < -0.3 is 4.74 Å². The summed E-state index contributed by atoms with van der Waals surface area (Å²) in [6.45, 7) is 9.56. The fourth-order valence-electron chi connectivity index (χ4n) is 6.20. The van der Waals surface area contributed by atoms with Crippen LogP contribution < -0.4 is 4.74 Å². The number of aromatic nitrogens is 2. The average Bonchev–Trinajstić information content (AvgIpc) is 3.22. The maximum Gasteiger partial charge on any atom is 0.134 e. The molecule has 5 nitrogen and oxygen atoms in total. The van der Waals surface area contributed by atoms with E-state index in [9.17, 15) is 8.78 Å². The van der Waals surface area contributed by atoms with E-state index in [4.69, 9.17) is 4.74 Å². The third-order valence-electron chi connectivity index (χ3n) is 8.00. The molecule has 0 bridgehead atoms. The number of rotatable bonds is 10. The number of hydrogen-bond acceptors (Lipinski definition) is 4. The molecule has 0 radical (unpaired) electrons. The number of hydrogen-bond donors (Lipinski definition) is 0. The Bertz CT molecular complexity index is 1370. The number of fused-ring (bicyclic) bond motifs is 3. The number of nitrogens with zero attached hydrogens (tertiary/aromatic N) is 4. The third-order valence-corrected chi connectivity index (χ3v) is 8.00. The van der Waals surface area contributed by atoms with Crippen LogP contribution in [0.15, 0.2) is 30.5 Å². The smallest absolute Gasteiger partial charge is 0.134 e. The number of likely N-dealkylation sites (tertiary alicyclic amines) is 1. The normalized spacial score (nSPS) is 20.8. The van der Waals surface area contributed by atoms with Crippen molar-refractivity contribution in [2.24, 2.45) is 5.92 Å². The van der Waals surface area contributed by atoms with E-state index in [1.807, 2.05) is 16.7 Å². The minimum absolute atomic E-state index is 0.0293. The first-order valence-electron chi connectivity index (χ1n) is 14.2. The summed E-state index contributed by atoms with van der Waals surface area (Å²) in [5.74, 6) is -1.43. The SMILES string of the molecule is CC1Cc2c(ccc3c2cnn3CC(C)(C)F)[C@@H](c2c(F)cc(OCCN3CC(CF)C3)cc2F)N1CC(C)(C)F. The van der Waals surface area contributed by atoms with E-state index >= 15 is 13.2 Å². The second-order valence-electron chi connectivity index (χ2n) is 12.9. The highest BCUT2D eigenvalue weighted by Gasteiger charge is 2.40. The Morgan fingerprint density at radius 1 is 1.00 bits per heavy atom. The summed E-state index contributed by atoms with van der Waals surface area (Å²) in [4.78, 5) is 3.84. The molecule has 5 rings (SSSR count). The highest BCUT2D eigenvalue weighted by atomic mass is 19.2. The molecule has 224 valence electrons. The first-order valence-corrected chi connectivity index (χ1v) is 14.2. The lowest BCUT2D eigenvalue weighted by Crippen LogP contribution is -2.49. The predicted octanol–water partition coefficient (Wildman–Crippen LogP) is 6.43. The monoisotopic (exact) mass is 578 g/mol. The van der Waals surface area contributed by atoms with E-state index < -0.39 is 29.0 Å². The standard InChI is InChI=1S/C31H39F5N4O/c1-19-10-23-22(6-7-27-24(23)14-37-40(27)18-31(4,5)36)29(39(19)17-30(2,3)35)28-25(33)11-21(12-26(28)34)41-9-8-38-15-20(13-32)16-38/h6-7,11-12,14,19-20,29H,8-10,13,15-18H2,1-5H3/t19?,29-/m0/s1. The third kappa shape index (κ3) is 6.38. The van der Waals surface area contributed by atoms with Gasteiger partial charge in [0.05, 0.1) is 31.0 Å². The quantitative estimate of drug-likeness (QED) is 0.260. The highest BCUT2D eigenvalue weighted by molar-refractivity contribution is 5.84. The lowest BCUT2D eigenvalue weighted by atomic mass is 9.82. The Morgan fingerprint density at radius 3 is 2.27 bits per heavy atom.